The molecule has 1 aliphatic rings. The number of rotatable bonds is 9. The molecule has 14 heteroatoms. The lowest BCUT2D eigenvalue weighted by Gasteiger charge is -2.17. The fourth-order valence-corrected chi connectivity index (χ4v) is 3.84. The van der Waals surface area contributed by atoms with Crippen LogP contribution in [0.3, 0.4) is 0 Å². The van der Waals surface area contributed by atoms with Crippen molar-refractivity contribution in [2.75, 3.05) is 13.7 Å². The van der Waals surface area contributed by atoms with E-state index in [1.807, 2.05) is 10.8 Å². The number of ether oxygens (including phenoxy) is 2. The zero-order valence-electron chi connectivity index (χ0n) is 20.9. The summed E-state index contributed by atoms with van der Waals surface area (Å²) in [7, 11) is 1.32. The van der Waals surface area contributed by atoms with Crippen molar-refractivity contribution in [3.05, 3.63) is 83.1 Å². The van der Waals surface area contributed by atoms with Crippen LogP contribution in [0.2, 0.25) is 0 Å². The van der Waals surface area contributed by atoms with Crippen molar-refractivity contribution >= 4 is 17.9 Å². The first kappa shape index (κ1) is 28.5. The third-order valence-electron chi connectivity index (χ3n) is 5.76. The molecule has 2 amide bonds. The zero-order valence-corrected chi connectivity index (χ0v) is 20.9. The first-order valence-electron chi connectivity index (χ1n) is 11.8. The summed E-state index contributed by atoms with van der Waals surface area (Å²) in [4.78, 5) is 20.3. The van der Waals surface area contributed by atoms with Gasteiger partial charge in [-0.2, -0.15) is 26.3 Å². The predicted molar refractivity (Wildman–Crippen MR) is 133 cm³/mol. The van der Waals surface area contributed by atoms with Crippen LogP contribution in [0.1, 0.15) is 28.7 Å². The molecule has 1 aliphatic heterocycles. The minimum atomic E-state index is -5.02. The number of aromatic nitrogens is 2. The second-order valence-corrected chi connectivity index (χ2v) is 8.59. The van der Waals surface area contributed by atoms with E-state index in [1.54, 1.807) is 24.7 Å². The maximum Gasteiger partial charge on any atom is 0.416 e. The molecule has 0 radical (unpaired) electrons. The fraction of sp³-hybridized carbons (Fsp3) is 0.269. The van der Waals surface area contributed by atoms with Gasteiger partial charge in [0.1, 0.15) is 6.61 Å². The molecule has 8 nitrogen and oxygen atoms in total. The zero-order chi connectivity index (χ0) is 28.9. The monoisotopic (exact) mass is 567 g/mol. The molecule has 0 spiro atoms. The van der Waals surface area contributed by atoms with E-state index in [2.05, 4.69) is 20.6 Å². The van der Waals surface area contributed by atoms with Crippen LogP contribution in [-0.4, -0.2) is 35.1 Å². The Morgan fingerprint density at radius 1 is 1.02 bits per heavy atom. The molecule has 2 aromatic carbocycles. The Balaban J connectivity index is 1.48. The molecular formula is C26H23F6N5O3. The lowest BCUT2D eigenvalue weighted by Crippen LogP contribution is -2.22. The summed E-state index contributed by atoms with van der Waals surface area (Å²) in [5, 5.41) is 5.27. The maximum absolute atomic E-state index is 13.5. The Kier molecular flexibility index (Phi) is 8.35. The van der Waals surface area contributed by atoms with Gasteiger partial charge in [-0.1, -0.05) is 12.1 Å². The van der Waals surface area contributed by atoms with Crippen molar-refractivity contribution in [2.45, 2.75) is 31.9 Å². The second kappa shape index (κ2) is 11.7. The van der Waals surface area contributed by atoms with Crippen molar-refractivity contribution in [3.63, 3.8) is 0 Å². The molecule has 1 fully saturated rings. The highest BCUT2D eigenvalue weighted by atomic mass is 19.4. The normalized spacial score (nSPS) is 15.8. The van der Waals surface area contributed by atoms with Crippen LogP contribution in [0.5, 0.6) is 11.5 Å². The van der Waals surface area contributed by atoms with Gasteiger partial charge in [-0.15, -0.1) is 0 Å². The third kappa shape index (κ3) is 7.12. The average molecular weight is 567 g/mol. The number of imidazole rings is 1. The summed E-state index contributed by atoms with van der Waals surface area (Å²) in [6.45, 7) is 0.485. The number of alkyl halides is 6. The van der Waals surface area contributed by atoms with Gasteiger partial charge in [0.15, 0.2) is 17.3 Å². The van der Waals surface area contributed by atoms with Crippen LogP contribution in [0, 0.1) is 0 Å². The van der Waals surface area contributed by atoms with Crippen molar-refractivity contribution in [3.8, 4) is 11.5 Å². The maximum atomic E-state index is 13.5. The average Bonchev–Trinajstić information content (AvgIpc) is 3.53. The predicted octanol–water partition coefficient (Wildman–Crippen LogP) is 5.65. The number of carbonyl (C=O) groups is 1. The van der Waals surface area contributed by atoms with Crippen LogP contribution in [0.25, 0.3) is 6.08 Å². The number of carbonyl (C=O) groups excluding carboxylic acids is 1. The molecule has 2 N–H and O–H groups in total. The number of methoxy groups -OCH3 is 1. The van der Waals surface area contributed by atoms with Crippen molar-refractivity contribution in [1.29, 1.82) is 0 Å². The van der Waals surface area contributed by atoms with Gasteiger partial charge in [0.25, 0.3) is 0 Å². The smallest absolute Gasteiger partial charge is 0.416 e. The molecule has 4 rings (SSSR count). The lowest BCUT2D eigenvalue weighted by molar-refractivity contribution is -0.143. The molecule has 0 atom stereocenters. The summed E-state index contributed by atoms with van der Waals surface area (Å²) in [5.41, 5.74) is -2.36. The quantitative estimate of drug-likeness (QED) is 0.258. The largest absolute Gasteiger partial charge is 0.493 e. The molecular weight excluding hydrogens is 544 g/mol. The van der Waals surface area contributed by atoms with Gasteiger partial charge in [0.2, 0.25) is 0 Å². The van der Waals surface area contributed by atoms with Gasteiger partial charge in [-0.3, -0.25) is 10.3 Å². The highest BCUT2D eigenvalue weighted by Gasteiger charge is 2.38. The highest BCUT2D eigenvalue weighted by Crippen LogP contribution is 2.38. The molecule has 0 unspecified atom stereocenters. The van der Waals surface area contributed by atoms with E-state index in [-0.39, 0.29) is 17.6 Å². The molecule has 0 bridgehead atoms. The number of halogens is 6. The van der Waals surface area contributed by atoms with E-state index in [1.165, 1.54) is 19.2 Å². The van der Waals surface area contributed by atoms with Gasteiger partial charge >= 0.3 is 18.4 Å². The summed E-state index contributed by atoms with van der Waals surface area (Å²) in [6.07, 6.45) is -2.42. The Morgan fingerprint density at radius 3 is 2.50 bits per heavy atom. The number of urea groups is 1. The summed E-state index contributed by atoms with van der Waals surface area (Å²) < 4.78 is 91.9. The SMILES string of the molecule is COc1cc(C=C2NC(=O)NC2=NCCCn2ccnc2)ccc1OCc1ccc(C(F)(F)F)cc1C(F)(F)F. The number of amides is 2. The minimum Gasteiger partial charge on any atom is -0.493 e. The Bertz CT molecular complexity index is 1420. The number of nitrogens with zero attached hydrogens (tertiary/aromatic N) is 3. The first-order valence-corrected chi connectivity index (χ1v) is 11.8. The van der Waals surface area contributed by atoms with Gasteiger partial charge < -0.3 is 19.4 Å². The highest BCUT2D eigenvalue weighted by molar-refractivity contribution is 6.16. The van der Waals surface area contributed by atoms with Crippen LogP contribution in [0.4, 0.5) is 31.1 Å². The molecule has 212 valence electrons. The number of hydrogen-bond donors (Lipinski definition) is 2. The second-order valence-electron chi connectivity index (χ2n) is 8.59. The number of benzene rings is 2. The fourth-order valence-electron chi connectivity index (χ4n) is 3.84. The number of aliphatic imine (C=N–C) groups is 1. The summed E-state index contributed by atoms with van der Waals surface area (Å²) in [5.74, 6) is 0.572. The van der Waals surface area contributed by atoms with Gasteiger partial charge in [0.05, 0.1) is 30.3 Å². The molecule has 2 heterocycles. The standard InChI is InChI=1S/C26H23F6N5O3/c1-39-22-12-16(11-20-23(36-24(38)35-20)34-7-2-9-37-10-8-33-15-37)3-6-21(22)40-14-17-4-5-18(25(27,28)29)13-19(17)26(30,31)32/h3-6,8,10-13,15H,2,7,9,14H2,1H3,(H2,34,35,36,38). The van der Waals surface area contributed by atoms with Crippen LogP contribution >= 0.6 is 0 Å². The van der Waals surface area contributed by atoms with E-state index < -0.39 is 41.7 Å². The van der Waals surface area contributed by atoms with E-state index in [0.29, 0.717) is 42.7 Å². The first-order chi connectivity index (χ1) is 18.9. The molecule has 3 aromatic rings. The van der Waals surface area contributed by atoms with Gasteiger partial charge in [-0.25, -0.2) is 9.78 Å². The Hall–Kier alpha value is -4.49. The third-order valence-corrected chi connectivity index (χ3v) is 5.76. The summed E-state index contributed by atoms with van der Waals surface area (Å²) >= 11 is 0. The van der Waals surface area contributed by atoms with Gasteiger partial charge in [-0.05, 0) is 42.3 Å². The minimum absolute atomic E-state index is 0.0615. The van der Waals surface area contributed by atoms with E-state index in [4.69, 9.17) is 9.47 Å². The molecule has 0 aliphatic carbocycles. The molecule has 0 saturated carbocycles. The van der Waals surface area contributed by atoms with Gasteiger partial charge in [0, 0.05) is 31.0 Å². The van der Waals surface area contributed by atoms with Crippen molar-refractivity contribution in [1.82, 2.24) is 20.2 Å². The molecule has 40 heavy (non-hydrogen) atoms. The van der Waals surface area contributed by atoms with E-state index in [9.17, 15) is 31.1 Å². The van der Waals surface area contributed by atoms with Crippen LogP contribution in [0.15, 0.2) is 65.8 Å². The Morgan fingerprint density at radius 2 is 1.82 bits per heavy atom. The number of aryl methyl sites for hydroxylation is 1. The topological polar surface area (TPSA) is 89.8 Å². The number of amidine groups is 1. The molecule has 1 saturated heterocycles. The number of hydrogen-bond acceptors (Lipinski definition) is 5. The van der Waals surface area contributed by atoms with E-state index >= 15 is 0 Å². The number of nitrogens with one attached hydrogen (secondary N) is 2. The molecule has 1 aromatic heterocycles. The van der Waals surface area contributed by atoms with Crippen molar-refractivity contribution in [2.24, 2.45) is 4.99 Å². The Labute approximate surface area is 224 Å². The van der Waals surface area contributed by atoms with E-state index in [0.717, 1.165) is 6.07 Å². The van der Waals surface area contributed by atoms with Crippen LogP contribution in [-0.2, 0) is 25.5 Å². The summed E-state index contributed by atoms with van der Waals surface area (Å²) in [6, 6.07) is 5.46. The van der Waals surface area contributed by atoms with Crippen LogP contribution < -0.4 is 20.1 Å². The lowest BCUT2D eigenvalue weighted by atomic mass is 10.0. The van der Waals surface area contributed by atoms with Crippen molar-refractivity contribution < 1.29 is 40.6 Å².